The van der Waals surface area contributed by atoms with Crippen LogP contribution in [0.1, 0.15) is 82.7 Å². The summed E-state index contributed by atoms with van der Waals surface area (Å²) in [6.07, 6.45) is 4.68. The zero-order chi connectivity index (χ0) is 47.9. The lowest BCUT2D eigenvalue weighted by molar-refractivity contribution is -0.155. The van der Waals surface area contributed by atoms with Crippen molar-refractivity contribution in [1.29, 1.82) is 0 Å². The molecular formula is C49H66N10O7S. The standard InChI is InChI=1S/C49H66N10O7S/c1-28(2)42(57(8)48(64)55(6)31-13-11-19-58(25-31)45(61)37-24-51-37)44(60)53-36-22-40-52-38(26-67-40)30-16-17-39-33(21-30)34(43(56(39)7)32-14-10-18-50-41(32)29(3)65-9)23-49(4,5)27-66-47(63)35-15-12-20-59(54-35)46(36)62/h10,14,16-18,21,26,28-29,31,35-37,42,51,54H,11-13,15,19-20,22-25,27H2,1-9H3,(H,53,60)/t29-,31-,35-,36-,37+,42-/m0/s1. The Hall–Kier alpha value is -5.43. The first-order chi connectivity index (χ1) is 32.0. The number of aryl methyl sites for hydroxylation is 1. The number of esters is 1. The number of pyridine rings is 1. The molecule has 0 spiro atoms. The zero-order valence-electron chi connectivity index (χ0n) is 40.3. The van der Waals surface area contributed by atoms with Crippen LogP contribution in [0.4, 0.5) is 4.79 Å². The predicted molar refractivity (Wildman–Crippen MR) is 256 cm³/mol. The number of amides is 5. The van der Waals surface area contributed by atoms with Crippen LogP contribution >= 0.6 is 11.3 Å². The molecule has 360 valence electrons. The SMILES string of the molecule is CO[C@@H](C)c1ncccc1-c1c2c3cc(ccc3n1C)-c1csc(n1)C[C@H](NC(=O)[C@H](C(C)C)N(C)C(=O)N(C)[C@H]1CCCN(C(=O)[C@H]3CN3)C1)C(=O)N1CCC[C@H](N1)C(=O)OCC(C)(C)C2. The maximum absolute atomic E-state index is 14.7. The molecule has 3 N–H and O–H groups in total. The van der Waals surface area contributed by atoms with Gasteiger partial charge in [0.15, 0.2) is 0 Å². The predicted octanol–water partition coefficient (Wildman–Crippen LogP) is 4.69. The summed E-state index contributed by atoms with van der Waals surface area (Å²) in [5.74, 6) is -1.63. The third kappa shape index (κ3) is 10.1. The van der Waals surface area contributed by atoms with Crippen LogP contribution in [0.3, 0.4) is 0 Å². The summed E-state index contributed by atoms with van der Waals surface area (Å²) in [5, 5.41) is 11.2. The van der Waals surface area contributed by atoms with E-state index in [1.54, 1.807) is 32.3 Å². The first-order valence-corrected chi connectivity index (χ1v) is 24.4. The van der Waals surface area contributed by atoms with Crippen LogP contribution in [-0.4, -0.2) is 148 Å². The largest absolute Gasteiger partial charge is 0.464 e. The van der Waals surface area contributed by atoms with E-state index in [-0.39, 0.29) is 49.1 Å². The van der Waals surface area contributed by atoms with Crippen molar-refractivity contribution in [3.8, 4) is 22.5 Å². The van der Waals surface area contributed by atoms with Crippen molar-refractivity contribution in [3.63, 3.8) is 0 Å². The Morgan fingerprint density at radius 1 is 1.07 bits per heavy atom. The van der Waals surface area contributed by atoms with E-state index in [0.29, 0.717) is 50.4 Å². The number of nitrogens with zero attached hydrogens (tertiary/aromatic N) is 7. The first-order valence-electron chi connectivity index (χ1n) is 23.6. The summed E-state index contributed by atoms with van der Waals surface area (Å²) in [7, 11) is 7.06. The Kier molecular flexibility index (Phi) is 14.1. The average Bonchev–Trinajstić information content (AvgIpc) is 4.02. The van der Waals surface area contributed by atoms with Gasteiger partial charge in [0.05, 0.1) is 46.9 Å². The van der Waals surface area contributed by atoms with Crippen molar-refractivity contribution >= 4 is 52.0 Å². The van der Waals surface area contributed by atoms with Gasteiger partial charge in [-0.1, -0.05) is 33.8 Å². The van der Waals surface area contributed by atoms with Gasteiger partial charge in [0, 0.05) is 99.9 Å². The fraction of sp³-hybridized carbons (Fsp3) is 0.571. The number of hydrazine groups is 1. The Morgan fingerprint density at radius 3 is 2.57 bits per heavy atom. The summed E-state index contributed by atoms with van der Waals surface area (Å²) in [6, 6.07) is 6.80. The van der Waals surface area contributed by atoms with Gasteiger partial charge in [0.2, 0.25) is 11.8 Å². The second-order valence-corrected chi connectivity index (χ2v) is 20.8. The minimum atomic E-state index is -1.09. The Balaban J connectivity index is 1.12. The zero-order valence-corrected chi connectivity index (χ0v) is 41.1. The van der Waals surface area contributed by atoms with Crippen LogP contribution in [0.2, 0.25) is 0 Å². The van der Waals surface area contributed by atoms with Crippen molar-refractivity contribution in [3.05, 3.63) is 58.2 Å². The fourth-order valence-electron chi connectivity index (χ4n) is 10.00. The molecule has 3 fully saturated rings. The monoisotopic (exact) mass is 938 g/mol. The minimum absolute atomic E-state index is 0.0551. The van der Waals surface area contributed by atoms with Crippen molar-refractivity contribution < 1.29 is 33.4 Å². The molecule has 0 aliphatic carbocycles. The molecule has 18 heteroatoms. The van der Waals surface area contributed by atoms with Gasteiger partial charge in [-0.3, -0.25) is 29.2 Å². The molecule has 3 aromatic heterocycles. The lowest BCUT2D eigenvalue weighted by atomic mass is 9.84. The van der Waals surface area contributed by atoms with Gasteiger partial charge in [0.1, 0.15) is 18.1 Å². The Bertz CT molecular complexity index is 2520. The van der Waals surface area contributed by atoms with Crippen LogP contribution in [0.15, 0.2) is 41.9 Å². The highest BCUT2D eigenvalue weighted by Crippen LogP contribution is 2.41. The lowest BCUT2D eigenvalue weighted by Gasteiger charge is -2.41. The average molecular weight is 939 g/mol. The second-order valence-electron chi connectivity index (χ2n) is 19.8. The number of aromatic nitrogens is 3. The van der Waals surface area contributed by atoms with Crippen LogP contribution in [0, 0.1) is 11.3 Å². The molecule has 4 aliphatic heterocycles. The third-order valence-electron chi connectivity index (χ3n) is 13.9. The lowest BCUT2D eigenvalue weighted by Crippen LogP contribution is -2.63. The molecule has 7 heterocycles. The highest BCUT2D eigenvalue weighted by atomic mass is 32.1. The number of hydrogen-bond donors (Lipinski definition) is 3. The number of fused-ring (bicyclic) bond motifs is 6. The number of methoxy groups -OCH3 is 1. The van der Waals surface area contributed by atoms with E-state index in [1.807, 2.05) is 43.2 Å². The van der Waals surface area contributed by atoms with Gasteiger partial charge >= 0.3 is 12.0 Å². The summed E-state index contributed by atoms with van der Waals surface area (Å²) < 4.78 is 14.1. The Morgan fingerprint density at radius 2 is 1.84 bits per heavy atom. The number of thiazole rings is 1. The molecule has 3 saturated heterocycles. The van der Waals surface area contributed by atoms with Gasteiger partial charge in [0.25, 0.3) is 5.91 Å². The molecule has 8 rings (SSSR count). The van der Waals surface area contributed by atoms with Gasteiger partial charge < -0.3 is 39.4 Å². The Labute approximate surface area is 396 Å². The highest BCUT2D eigenvalue weighted by Gasteiger charge is 2.41. The van der Waals surface area contributed by atoms with Crippen molar-refractivity contribution in [2.24, 2.45) is 18.4 Å². The second kappa shape index (κ2) is 19.7. The van der Waals surface area contributed by atoms with Gasteiger partial charge in [-0.2, -0.15) is 0 Å². The third-order valence-corrected chi connectivity index (χ3v) is 14.7. The molecular weight excluding hydrogens is 873 g/mol. The van der Waals surface area contributed by atoms with Crippen LogP contribution < -0.4 is 16.1 Å². The van der Waals surface area contributed by atoms with Gasteiger partial charge in [-0.25, -0.2) is 15.2 Å². The smallest absolute Gasteiger partial charge is 0.324 e. The maximum Gasteiger partial charge on any atom is 0.324 e. The van der Waals surface area contributed by atoms with Crippen LogP contribution in [0.5, 0.6) is 0 Å². The van der Waals surface area contributed by atoms with E-state index < -0.39 is 41.3 Å². The number of piperidine rings is 1. The molecule has 6 atom stereocenters. The van der Waals surface area contributed by atoms with E-state index in [9.17, 15) is 24.0 Å². The minimum Gasteiger partial charge on any atom is -0.464 e. The number of carbonyl (C=O) groups is 5. The van der Waals surface area contributed by atoms with Gasteiger partial charge in [-0.15, -0.1) is 11.3 Å². The maximum atomic E-state index is 14.7. The molecule has 17 nitrogen and oxygen atoms in total. The van der Waals surface area contributed by atoms with Crippen molar-refractivity contribution in [1.82, 2.24) is 50.3 Å². The number of hydrogen-bond acceptors (Lipinski definition) is 12. The quantitative estimate of drug-likeness (QED) is 0.156. The van der Waals surface area contributed by atoms with Gasteiger partial charge in [-0.05, 0) is 74.8 Å². The summed E-state index contributed by atoms with van der Waals surface area (Å²) >= 11 is 1.41. The summed E-state index contributed by atoms with van der Waals surface area (Å²) in [4.78, 5) is 84.9. The number of nitrogens with one attached hydrogen (secondary N) is 3. The molecule has 4 aromatic rings. The molecule has 0 unspecified atom stereocenters. The molecule has 1 aromatic carbocycles. The van der Waals surface area contributed by atoms with E-state index in [1.165, 1.54) is 21.2 Å². The normalized spacial score (nSPS) is 23.0. The number of carbonyl (C=O) groups excluding carboxylic acids is 5. The molecule has 6 bridgehead atoms. The van der Waals surface area contributed by atoms with E-state index in [2.05, 4.69) is 59.7 Å². The topological polar surface area (TPSA) is 193 Å². The molecule has 4 aliphatic rings. The molecule has 0 saturated carbocycles. The van der Waals surface area contributed by atoms with E-state index in [0.717, 1.165) is 57.5 Å². The number of ether oxygens (including phenoxy) is 2. The number of benzene rings is 1. The van der Waals surface area contributed by atoms with E-state index in [4.69, 9.17) is 19.4 Å². The number of urea groups is 1. The number of likely N-dealkylation sites (tertiary alicyclic amines) is 1. The highest BCUT2D eigenvalue weighted by molar-refractivity contribution is 7.10. The summed E-state index contributed by atoms with van der Waals surface area (Å²) in [5.41, 5.74) is 9.15. The number of likely N-dealkylation sites (N-methyl/N-ethyl adjacent to an activating group) is 2. The fourth-order valence-corrected chi connectivity index (χ4v) is 10.8. The molecule has 0 radical (unpaired) electrons. The number of cyclic esters (lactones) is 1. The first kappa shape index (κ1) is 48.0. The molecule has 67 heavy (non-hydrogen) atoms. The van der Waals surface area contributed by atoms with Crippen LogP contribution in [0.25, 0.3) is 33.4 Å². The summed E-state index contributed by atoms with van der Waals surface area (Å²) in [6.45, 7) is 12.1. The number of rotatable bonds is 9. The van der Waals surface area contributed by atoms with E-state index >= 15 is 0 Å². The van der Waals surface area contributed by atoms with Crippen LogP contribution in [-0.2, 0) is 48.5 Å². The van der Waals surface area contributed by atoms with Crippen molar-refractivity contribution in [2.45, 2.75) is 109 Å². The van der Waals surface area contributed by atoms with Crippen molar-refractivity contribution in [2.75, 3.05) is 54.0 Å². The molecule has 5 amide bonds.